The predicted octanol–water partition coefficient (Wildman–Crippen LogP) is 5.49. The minimum absolute atomic E-state index is 0.0482. The summed E-state index contributed by atoms with van der Waals surface area (Å²) in [5.74, 6) is 0.693. The summed E-state index contributed by atoms with van der Waals surface area (Å²) in [7, 11) is 0. The van der Waals surface area contributed by atoms with Gasteiger partial charge in [-0.05, 0) is 37.2 Å². The highest BCUT2D eigenvalue weighted by Gasteiger charge is 2.25. The van der Waals surface area contributed by atoms with E-state index in [1.807, 2.05) is 6.08 Å². The van der Waals surface area contributed by atoms with Gasteiger partial charge in [-0.15, -0.1) is 0 Å². The lowest BCUT2D eigenvalue weighted by Gasteiger charge is -2.26. The van der Waals surface area contributed by atoms with E-state index in [0.29, 0.717) is 5.92 Å². The molecule has 0 saturated heterocycles. The Morgan fingerprint density at radius 3 is 2.26 bits per heavy atom. The molecule has 0 heterocycles. The van der Waals surface area contributed by atoms with Gasteiger partial charge >= 0.3 is 0 Å². The zero-order valence-corrected chi connectivity index (χ0v) is 13.5. The Hall–Kier alpha value is -1.11. The average molecular weight is 262 g/mol. The number of carbonyl (C=O) groups excluding carboxylic acids is 1. The van der Waals surface area contributed by atoms with Crippen molar-refractivity contribution in [1.82, 2.24) is 0 Å². The van der Waals surface area contributed by atoms with Gasteiger partial charge in [-0.2, -0.15) is 0 Å². The van der Waals surface area contributed by atoms with Crippen molar-refractivity contribution in [2.75, 3.05) is 0 Å². The third kappa shape index (κ3) is 6.56. The molecule has 0 rings (SSSR count). The van der Waals surface area contributed by atoms with Crippen molar-refractivity contribution >= 4 is 5.78 Å². The third-order valence-corrected chi connectivity index (χ3v) is 3.32. The second-order valence-corrected chi connectivity index (χ2v) is 6.39. The Bertz CT molecular complexity index is 367. The first-order valence-electron chi connectivity index (χ1n) is 7.29. The van der Waals surface area contributed by atoms with Crippen LogP contribution in [0.5, 0.6) is 0 Å². The first kappa shape index (κ1) is 17.9. The van der Waals surface area contributed by atoms with E-state index in [1.54, 1.807) is 0 Å². The van der Waals surface area contributed by atoms with Gasteiger partial charge in [0.15, 0.2) is 5.78 Å². The van der Waals surface area contributed by atoms with E-state index < -0.39 is 0 Å². The van der Waals surface area contributed by atoms with Gasteiger partial charge in [0.1, 0.15) is 0 Å². The lowest BCUT2D eigenvalue weighted by molar-refractivity contribution is -0.112. The third-order valence-electron chi connectivity index (χ3n) is 3.32. The number of ketones is 1. The van der Waals surface area contributed by atoms with Crippen LogP contribution in [0.4, 0.5) is 0 Å². The molecule has 0 spiro atoms. The minimum atomic E-state index is -0.0887. The summed E-state index contributed by atoms with van der Waals surface area (Å²) in [6, 6.07) is 0. The van der Waals surface area contributed by atoms with Crippen LogP contribution in [0, 0.1) is 11.3 Å². The molecule has 1 nitrogen and oxygen atoms in total. The summed E-state index contributed by atoms with van der Waals surface area (Å²) in [5, 5.41) is 0. The van der Waals surface area contributed by atoms with Crippen molar-refractivity contribution in [3.63, 3.8) is 0 Å². The van der Waals surface area contributed by atoms with E-state index in [9.17, 15) is 4.79 Å². The van der Waals surface area contributed by atoms with E-state index >= 15 is 0 Å². The summed E-state index contributed by atoms with van der Waals surface area (Å²) >= 11 is 0. The van der Waals surface area contributed by atoms with E-state index in [2.05, 4.69) is 54.2 Å². The molecule has 0 unspecified atom stereocenters. The number of carbonyl (C=O) groups is 1. The Labute approximate surface area is 119 Å². The maximum absolute atomic E-state index is 12.1. The molecule has 0 amide bonds. The van der Waals surface area contributed by atoms with Crippen molar-refractivity contribution in [3.8, 4) is 0 Å². The average Bonchev–Trinajstić information content (AvgIpc) is 2.27. The molecule has 0 aliphatic carbocycles. The van der Waals surface area contributed by atoms with Crippen molar-refractivity contribution in [1.29, 1.82) is 0 Å². The van der Waals surface area contributed by atoms with Gasteiger partial charge < -0.3 is 0 Å². The molecule has 0 atom stereocenters. The Morgan fingerprint density at radius 1 is 1.26 bits per heavy atom. The highest BCUT2D eigenvalue weighted by atomic mass is 16.1. The summed E-state index contributed by atoms with van der Waals surface area (Å²) in [5.41, 5.74) is 2.10. The van der Waals surface area contributed by atoms with Gasteiger partial charge in [0.2, 0.25) is 0 Å². The molecule has 0 aliphatic rings. The summed E-state index contributed by atoms with van der Waals surface area (Å²) in [6.07, 6.45) is 8.67. The van der Waals surface area contributed by atoms with Gasteiger partial charge in [-0.3, -0.25) is 4.79 Å². The molecular weight excluding hydrogens is 232 g/mol. The molecule has 0 aromatic heterocycles. The number of hydrogen-bond donors (Lipinski definition) is 0. The van der Waals surface area contributed by atoms with Crippen molar-refractivity contribution in [2.24, 2.45) is 11.3 Å². The van der Waals surface area contributed by atoms with Gasteiger partial charge in [0, 0.05) is 5.57 Å². The highest BCUT2D eigenvalue weighted by molar-refractivity contribution is 6.04. The van der Waals surface area contributed by atoms with Crippen LogP contribution in [-0.2, 0) is 4.79 Å². The smallest absolute Gasteiger partial charge is 0.181 e. The standard InChI is InChI=1S/C18H30O/c1-8-12-18(6,7)16(17(19)9-2)11-10-15(5)13-14(3)4/h9-11,14H,2,8,12-13H2,1,3-7H3. The van der Waals surface area contributed by atoms with E-state index in [0.717, 1.165) is 24.8 Å². The van der Waals surface area contributed by atoms with Crippen LogP contribution in [-0.4, -0.2) is 5.78 Å². The Morgan fingerprint density at radius 2 is 1.84 bits per heavy atom. The molecule has 108 valence electrons. The predicted molar refractivity (Wildman–Crippen MR) is 85.2 cm³/mol. The highest BCUT2D eigenvalue weighted by Crippen LogP contribution is 2.32. The molecule has 1 heteroatoms. The summed E-state index contributed by atoms with van der Waals surface area (Å²) in [6.45, 7) is 16.6. The largest absolute Gasteiger partial charge is 0.290 e. The lowest BCUT2D eigenvalue weighted by Crippen LogP contribution is -2.20. The molecule has 0 aromatic carbocycles. The minimum Gasteiger partial charge on any atom is -0.290 e. The zero-order chi connectivity index (χ0) is 15.1. The summed E-state index contributed by atoms with van der Waals surface area (Å²) in [4.78, 5) is 12.1. The van der Waals surface area contributed by atoms with Crippen molar-refractivity contribution in [3.05, 3.63) is 36.0 Å². The number of allylic oxidation sites excluding steroid dienone is 5. The SMILES string of the molecule is C=CC(=O)C(=CC=C(C)CC(C)C)C(C)(C)CCC. The van der Waals surface area contributed by atoms with Crippen LogP contribution in [0.1, 0.15) is 60.8 Å². The fraction of sp³-hybridized carbons (Fsp3) is 0.611. The second-order valence-electron chi connectivity index (χ2n) is 6.39. The number of rotatable bonds is 8. The maximum atomic E-state index is 12.1. The van der Waals surface area contributed by atoms with E-state index in [-0.39, 0.29) is 11.2 Å². The van der Waals surface area contributed by atoms with Gasteiger partial charge in [0.25, 0.3) is 0 Å². The Balaban J connectivity index is 5.27. The molecule has 0 bridgehead atoms. The lowest BCUT2D eigenvalue weighted by atomic mass is 9.78. The molecule has 0 radical (unpaired) electrons. The Kier molecular flexibility index (Phi) is 7.66. The van der Waals surface area contributed by atoms with Crippen LogP contribution in [0.3, 0.4) is 0 Å². The molecule has 0 fully saturated rings. The van der Waals surface area contributed by atoms with Crippen LogP contribution in [0.2, 0.25) is 0 Å². The van der Waals surface area contributed by atoms with E-state index in [1.165, 1.54) is 11.6 Å². The van der Waals surface area contributed by atoms with Crippen molar-refractivity contribution in [2.45, 2.75) is 60.8 Å². The van der Waals surface area contributed by atoms with Gasteiger partial charge in [-0.1, -0.05) is 65.3 Å². The number of hydrogen-bond acceptors (Lipinski definition) is 1. The van der Waals surface area contributed by atoms with Crippen LogP contribution >= 0.6 is 0 Å². The normalized spacial score (nSPS) is 13.8. The molecular formula is C18H30O. The monoisotopic (exact) mass is 262 g/mol. The first-order chi connectivity index (χ1) is 8.74. The topological polar surface area (TPSA) is 17.1 Å². The zero-order valence-electron chi connectivity index (χ0n) is 13.5. The quantitative estimate of drug-likeness (QED) is 0.418. The van der Waals surface area contributed by atoms with E-state index in [4.69, 9.17) is 0 Å². The van der Waals surface area contributed by atoms with Crippen molar-refractivity contribution < 1.29 is 4.79 Å². The second kappa shape index (κ2) is 8.14. The van der Waals surface area contributed by atoms with Crippen LogP contribution in [0.15, 0.2) is 36.0 Å². The molecule has 0 saturated carbocycles. The molecule has 0 aliphatic heterocycles. The van der Waals surface area contributed by atoms with Crippen LogP contribution in [0.25, 0.3) is 0 Å². The summed E-state index contributed by atoms with van der Waals surface area (Å²) < 4.78 is 0. The van der Waals surface area contributed by atoms with Crippen LogP contribution < -0.4 is 0 Å². The molecule has 0 aromatic rings. The van der Waals surface area contributed by atoms with Gasteiger partial charge in [0.05, 0.1) is 0 Å². The fourth-order valence-corrected chi connectivity index (χ4v) is 2.45. The fourth-order valence-electron chi connectivity index (χ4n) is 2.45. The van der Waals surface area contributed by atoms with Gasteiger partial charge in [-0.25, -0.2) is 0 Å². The molecule has 19 heavy (non-hydrogen) atoms. The first-order valence-corrected chi connectivity index (χ1v) is 7.29. The maximum Gasteiger partial charge on any atom is 0.181 e. The molecule has 0 N–H and O–H groups in total.